The van der Waals surface area contributed by atoms with Gasteiger partial charge in [0.05, 0.1) is 11.6 Å². The van der Waals surface area contributed by atoms with Crippen molar-refractivity contribution in [2.75, 3.05) is 19.6 Å². The molecule has 2 aromatic rings. The summed E-state index contributed by atoms with van der Waals surface area (Å²) in [4.78, 5) is 15.1. The summed E-state index contributed by atoms with van der Waals surface area (Å²) in [6, 6.07) is 10.5. The summed E-state index contributed by atoms with van der Waals surface area (Å²) < 4.78 is 1.84. The van der Waals surface area contributed by atoms with Crippen LogP contribution in [0.2, 0.25) is 0 Å². The van der Waals surface area contributed by atoms with Gasteiger partial charge in [0.25, 0.3) is 0 Å². The van der Waals surface area contributed by atoms with Crippen molar-refractivity contribution >= 4 is 5.91 Å². The number of aryl methyl sites for hydroxylation is 1. The van der Waals surface area contributed by atoms with Crippen molar-refractivity contribution in [3.8, 4) is 0 Å². The number of aromatic nitrogens is 2. The van der Waals surface area contributed by atoms with E-state index in [-0.39, 0.29) is 11.3 Å². The molecular formula is C19H24N4O. The number of likely N-dealkylation sites (tertiary alicyclic amines) is 1. The summed E-state index contributed by atoms with van der Waals surface area (Å²) in [5.41, 5.74) is 2.30. The van der Waals surface area contributed by atoms with Crippen molar-refractivity contribution in [1.29, 1.82) is 0 Å². The molecular weight excluding hydrogens is 300 g/mol. The largest absolute Gasteiger partial charge is 0.355 e. The fraction of sp³-hybridized carbons (Fsp3) is 0.474. The normalized spacial score (nSPS) is 23.5. The van der Waals surface area contributed by atoms with E-state index in [4.69, 9.17) is 0 Å². The number of nitrogens with one attached hydrogen (secondary N) is 1. The Kier molecular flexibility index (Phi) is 3.88. The second-order valence-corrected chi connectivity index (χ2v) is 7.13. The number of benzene rings is 1. The lowest BCUT2D eigenvalue weighted by atomic mass is 9.68. The van der Waals surface area contributed by atoms with E-state index in [0.29, 0.717) is 5.92 Å². The molecule has 0 radical (unpaired) electrons. The lowest BCUT2D eigenvalue weighted by molar-refractivity contribution is -0.130. The van der Waals surface area contributed by atoms with Crippen LogP contribution in [0, 0.1) is 5.41 Å². The van der Waals surface area contributed by atoms with E-state index in [1.54, 1.807) is 0 Å². The molecule has 1 aromatic carbocycles. The molecule has 2 aliphatic heterocycles. The SMILES string of the molecule is Cn1cc(CN2CCC3(CC2)C(=O)NC[C@H]3c2ccccc2)cn1. The van der Waals surface area contributed by atoms with Gasteiger partial charge in [-0.3, -0.25) is 14.4 Å². The third-order valence-corrected chi connectivity index (χ3v) is 5.70. The molecule has 1 N–H and O–H groups in total. The zero-order chi connectivity index (χ0) is 16.6. The van der Waals surface area contributed by atoms with Gasteiger partial charge < -0.3 is 5.32 Å². The predicted molar refractivity (Wildman–Crippen MR) is 92.3 cm³/mol. The average Bonchev–Trinajstić information content (AvgIpc) is 3.15. The number of hydrogen-bond donors (Lipinski definition) is 1. The lowest BCUT2D eigenvalue weighted by Gasteiger charge is -2.41. The average molecular weight is 324 g/mol. The molecule has 126 valence electrons. The molecule has 0 saturated carbocycles. The van der Waals surface area contributed by atoms with Crippen LogP contribution >= 0.6 is 0 Å². The number of nitrogens with zero attached hydrogens (tertiary/aromatic N) is 3. The highest BCUT2D eigenvalue weighted by Crippen LogP contribution is 2.47. The van der Waals surface area contributed by atoms with E-state index in [0.717, 1.165) is 39.0 Å². The van der Waals surface area contributed by atoms with Crippen molar-refractivity contribution < 1.29 is 4.79 Å². The number of piperidine rings is 1. The second-order valence-electron chi connectivity index (χ2n) is 7.13. The Bertz CT molecular complexity index is 716. The molecule has 3 heterocycles. The van der Waals surface area contributed by atoms with E-state index in [2.05, 4.69) is 45.8 Å². The fourth-order valence-corrected chi connectivity index (χ4v) is 4.34. The first-order chi connectivity index (χ1) is 11.7. The van der Waals surface area contributed by atoms with Crippen LogP contribution in [0.5, 0.6) is 0 Å². The number of carbonyl (C=O) groups is 1. The quantitative estimate of drug-likeness (QED) is 0.938. The van der Waals surface area contributed by atoms with E-state index >= 15 is 0 Å². The van der Waals surface area contributed by atoms with E-state index in [1.807, 2.05) is 24.0 Å². The summed E-state index contributed by atoms with van der Waals surface area (Å²) in [7, 11) is 1.95. The topological polar surface area (TPSA) is 50.2 Å². The highest BCUT2D eigenvalue weighted by atomic mass is 16.2. The van der Waals surface area contributed by atoms with Crippen LogP contribution in [0.1, 0.15) is 29.9 Å². The summed E-state index contributed by atoms with van der Waals surface area (Å²) >= 11 is 0. The number of hydrogen-bond acceptors (Lipinski definition) is 3. The minimum atomic E-state index is -0.229. The maximum Gasteiger partial charge on any atom is 0.227 e. The molecule has 1 spiro atoms. The minimum absolute atomic E-state index is 0.229. The Hall–Kier alpha value is -2.14. The van der Waals surface area contributed by atoms with Crippen LogP contribution in [0.4, 0.5) is 0 Å². The molecule has 1 aromatic heterocycles. The zero-order valence-corrected chi connectivity index (χ0v) is 14.1. The highest BCUT2D eigenvalue weighted by Gasteiger charge is 2.51. The van der Waals surface area contributed by atoms with Crippen LogP contribution in [-0.4, -0.2) is 40.2 Å². The van der Waals surface area contributed by atoms with Gasteiger partial charge in [0.2, 0.25) is 5.91 Å². The maximum absolute atomic E-state index is 12.7. The molecule has 0 unspecified atom stereocenters. The summed E-state index contributed by atoms with van der Waals surface area (Å²) in [6.07, 6.45) is 5.86. The summed E-state index contributed by atoms with van der Waals surface area (Å²) in [5, 5.41) is 7.37. The van der Waals surface area contributed by atoms with Gasteiger partial charge >= 0.3 is 0 Å². The van der Waals surface area contributed by atoms with Crippen molar-refractivity contribution in [2.45, 2.75) is 25.3 Å². The van der Waals surface area contributed by atoms with Crippen LogP contribution < -0.4 is 5.32 Å². The number of carbonyl (C=O) groups excluding carboxylic acids is 1. The van der Waals surface area contributed by atoms with Gasteiger partial charge in [-0.1, -0.05) is 30.3 Å². The van der Waals surface area contributed by atoms with Crippen LogP contribution in [0.25, 0.3) is 0 Å². The molecule has 0 aliphatic carbocycles. The predicted octanol–water partition coefficient (Wildman–Crippen LogP) is 1.92. The Morgan fingerprint density at radius 3 is 2.67 bits per heavy atom. The summed E-state index contributed by atoms with van der Waals surface area (Å²) in [6.45, 7) is 3.62. The highest BCUT2D eigenvalue weighted by molar-refractivity contribution is 5.86. The molecule has 1 atom stereocenters. The molecule has 24 heavy (non-hydrogen) atoms. The van der Waals surface area contributed by atoms with Gasteiger partial charge in [0, 0.05) is 37.8 Å². The summed E-state index contributed by atoms with van der Waals surface area (Å²) in [5.74, 6) is 0.545. The van der Waals surface area contributed by atoms with Gasteiger partial charge in [-0.25, -0.2) is 0 Å². The van der Waals surface area contributed by atoms with Gasteiger partial charge in [0.15, 0.2) is 0 Å². The number of amides is 1. The molecule has 0 bridgehead atoms. The number of rotatable bonds is 3. The van der Waals surface area contributed by atoms with Gasteiger partial charge in [-0.05, 0) is 31.5 Å². The fourth-order valence-electron chi connectivity index (χ4n) is 4.34. The van der Waals surface area contributed by atoms with Crippen molar-refractivity contribution in [3.63, 3.8) is 0 Å². The third kappa shape index (κ3) is 2.63. The first-order valence-corrected chi connectivity index (χ1v) is 8.70. The van der Waals surface area contributed by atoms with Gasteiger partial charge in [-0.2, -0.15) is 5.10 Å². The maximum atomic E-state index is 12.7. The lowest BCUT2D eigenvalue weighted by Crippen LogP contribution is -2.45. The molecule has 4 rings (SSSR count). The monoisotopic (exact) mass is 324 g/mol. The Balaban J connectivity index is 1.48. The zero-order valence-electron chi connectivity index (χ0n) is 14.1. The second kappa shape index (κ2) is 6.06. The van der Waals surface area contributed by atoms with E-state index in [1.165, 1.54) is 11.1 Å². The molecule has 2 aliphatic rings. The standard InChI is InChI=1S/C19H24N4O/c1-22-13-15(11-21-22)14-23-9-7-19(8-10-23)17(12-20-18(19)24)16-5-3-2-4-6-16/h2-6,11,13,17H,7-10,12,14H2,1H3,(H,20,24)/t17-/m0/s1. The molecule has 1 amide bonds. The smallest absolute Gasteiger partial charge is 0.227 e. The third-order valence-electron chi connectivity index (χ3n) is 5.70. The van der Waals surface area contributed by atoms with Crippen LogP contribution in [0.3, 0.4) is 0 Å². The van der Waals surface area contributed by atoms with E-state index in [9.17, 15) is 4.79 Å². The van der Waals surface area contributed by atoms with E-state index < -0.39 is 0 Å². The van der Waals surface area contributed by atoms with Crippen LogP contribution in [-0.2, 0) is 18.4 Å². The van der Waals surface area contributed by atoms with Gasteiger partial charge in [0.1, 0.15) is 0 Å². The van der Waals surface area contributed by atoms with Gasteiger partial charge in [-0.15, -0.1) is 0 Å². The van der Waals surface area contributed by atoms with Crippen molar-refractivity contribution in [1.82, 2.24) is 20.0 Å². The van der Waals surface area contributed by atoms with Crippen molar-refractivity contribution in [3.05, 3.63) is 53.9 Å². The molecule has 5 nitrogen and oxygen atoms in total. The Labute approximate surface area is 142 Å². The minimum Gasteiger partial charge on any atom is -0.355 e. The first-order valence-electron chi connectivity index (χ1n) is 8.70. The molecule has 2 saturated heterocycles. The Morgan fingerprint density at radius 2 is 2.00 bits per heavy atom. The molecule has 2 fully saturated rings. The molecule has 5 heteroatoms. The Morgan fingerprint density at radius 1 is 1.25 bits per heavy atom. The van der Waals surface area contributed by atoms with Crippen molar-refractivity contribution in [2.24, 2.45) is 12.5 Å². The van der Waals surface area contributed by atoms with Crippen LogP contribution in [0.15, 0.2) is 42.7 Å². The first kappa shape index (κ1) is 15.4.